The zero-order chi connectivity index (χ0) is 14.8. The molecule has 7 heteroatoms. The average Bonchev–Trinajstić information content (AvgIpc) is 2.44. The van der Waals surface area contributed by atoms with Crippen LogP contribution in [-0.4, -0.2) is 13.5 Å². The topological polar surface area (TPSA) is 66.4 Å². The Bertz CT molecular complexity index is 717. The molecule has 2 N–H and O–H groups in total. The molecule has 0 fully saturated rings. The third-order valence-corrected chi connectivity index (χ3v) is 4.29. The summed E-state index contributed by atoms with van der Waals surface area (Å²) in [5.74, 6) is -0.829. The van der Waals surface area contributed by atoms with Gasteiger partial charge in [-0.05, 0) is 29.8 Å². The molecule has 0 heterocycles. The van der Waals surface area contributed by atoms with Gasteiger partial charge in [0.25, 0.3) is 10.0 Å². The van der Waals surface area contributed by atoms with Crippen molar-refractivity contribution < 1.29 is 17.9 Å². The lowest BCUT2D eigenvalue weighted by Crippen LogP contribution is -2.14. The van der Waals surface area contributed by atoms with Crippen LogP contribution in [0.25, 0.3) is 0 Å². The lowest BCUT2D eigenvalue weighted by molar-refractivity contribution is 0.282. The standard InChI is InChI=1S/C13H11ClFNO3S/c14-11-2-1-3-12(13(11)15)16-20(18,19)10-6-4-9(8-17)5-7-10/h1-7,16-17H,8H2. The second-order valence-electron chi connectivity index (χ2n) is 4.01. The van der Waals surface area contributed by atoms with Crippen LogP contribution < -0.4 is 4.72 Å². The Hall–Kier alpha value is -1.63. The van der Waals surface area contributed by atoms with E-state index in [2.05, 4.69) is 4.72 Å². The predicted octanol–water partition coefficient (Wildman–Crippen LogP) is 2.77. The number of hydrogen-bond donors (Lipinski definition) is 2. The SMILES string of the molecule is O=S(=O)(Nc1cccc(Cl)c1F)c1ccc(CO)cc1. The van der Waals surface area contributed by atoms with E-state index < -0.39 is 15.8 Å². The molecule has 106 valence electrons. The van der Waals surface area contributed by atoms with E-state index in [0.717, 1.165) is 0 Å². The van der Waals surface area contributed by atoms with E-state index in [9.17, 15) is 12.8 Å². The van der Waals surface area contributed by atoms with Gasteiger partial charge in [0.05, 0.1) is 22.2 Å². The Morgan fingerprint density at radius 1 is 1.15 bits per heavy atom. The smallest absolute Gasteiger partial charge is 0.261 e. The maximum Gasteiger partial charge on any atom is 0.261 e. The lowest BCUT2D eigenvalue weighted by Gasteiger charge is -2.09. The van der Waals surface area contributed by atoms with E-state index in [4.69, 9.17) is 16.7 Å². The molecule has 20 heavy (non-hydrogen) atoms. The maximum absolute atomic E-state index is 13.7. The number of nitrogens with one attached hydrogen (secondary N) is 1. The van der Waals surface area contributed by atoms with Gasteiger partial charge in [-0.15, -0.1) is 0 Å². The fraction of sp³-hybridized carbons (Fsp3) is 0.0769. The summed E-state index contributed by atoms with van der Waals surface area (Å²) in [7, 11) is -3.91. The lowest BCUT2D eigenvalue weighted by atomic mass is 10.2. The van der Waals surface area contributed by atoms with Crippen molar-refractivity contribution in [2.24, 2.45) is 0 Å². The van der Waals surface area contributed by atoms with Crippen LogP contribution in [0.15, 0.2) is 47.4 Å². The van der Waals surface area contributed by atoms with Crippen LogP contribution in [0.1, 0.15) is 5.56 Å². The molecule has 0 saturated carbocycles. The number of halogens is 2. The van der Waals surface area contributed by atoms with Crippen LogP contribution in [0.4, 0.5) is 10.1 Å². The highest BCUT2D eigenvalue weighted by atomic mass is 35.5. The molecule has 2 aromatic carbocycles. The first-order valence-corrected chi connectivity index (χ1v) is 7.47. The van der Waals surface area contributed by atoms with Gasteiger partial charge in [0.2, 0.25) is 0 Å². The first kappa shape index (κ1) is 14.8. The molecule has 0 aliphatic rings. The molecule has 2 rings (SSSR count). The van der Waals surface area contributed by atoms with Gasteiger partial charge in [-0.25, -0.2) is 12.8 Å². The van der Waals surface area contributed by atoms with Crippen molar-refractivity contribution in [2.75, 3.05) is 4.72 Å². The van der Waals surface area contributed by atoms with Crippen LogP contribution in [-0.2, 0) is 16.6 Å². The highest BCUT2D eigenvalue weighted by Crippen LogP contribution is 2.24. The summed E-state index contributed by atoms with van der Waals surface area (Å²) in [6, 6.07) is 9.65. The summed E-state index contributed by atoms with van der Waals surface area (Å²) in [4.78, 5) is -0.0333. The molecule has 0 bridgehead atoms. The van der Waals surface area contributed by atoms with Crippen LogP contribution in [0, 0.1) is 5.82 Å². The molecule has 0 spiro atoms. The molecule has 2 aromatic rings. The van der Waals surface area contributed by atoms with Crippen molar-refractivity contribution in [2.45, 2.75) is 11.5 Å². The van der Waals surface area contributed by atoms with Gasteiger partial charge in [0.1, 0.15) is 0 Å². The summed E-state index contributed by atoms with van der Waals surface area (Å²) in [6.07, 6.45) is 0. The van der Waals surface area contributed by atoms with E-state index in [0.29, 0.717) is 5.56 Å². The molecular weight excluding hydrogens is 305 g/mol. The Morgan fingerprint density at radius 2 is 1.80 bits per heavy atom. The van der Waals surface area contributed by atoms with Crippen molar-refractivity contribution >= 4 is 27.3 Å². The third-order valence-electron chi connectivity index (χ3n) is 2.61. The van der Waals surface area contributed by atoms with Crippen LogP contribution in [0.3, 0.4) is 0 Å². The monoisotopic (exact) mass is 315 g/mol. The average molecular weight is 316 g/mol. The molecule has 0 amide bonds. The molecule has 0 aromatic heterocycles. The Kier molecular flexibility index (Phi) is 4.27. The molecule has 0 aliphatic heterocycles. The normalized spacial score (nSPS) is 11.3. The number of rotatable bonds is 4. The van der Waals surface area contributed by atoms with Gasteiger partial charge in [-0.1, -0.05) is 29.8 Å². The number of aliphatic hydroxyl groups excluding tert-OH is 1. The van der Waals surface area contributed by atoms with E-state index in [1.165, 1.54) is 42.5 Å². The summed E-state index contributed by atoms with van der Waals surface area (Å²) in [5, 5.41) is 8.74. The third kappa shape index (κ3) is 3.09. The van der Waals surface area contributed by atoms with Crippen molar-refractivity contribution in [3.8, 4) is 0 Å². The quantitative estimate of drug-likeness (QED) is 0.911. The number of aliphatic hydroxyl groups is 1. The summed E-state index contributed by atoms with van der Waals surface area (Å²) < 4.78 is 40.0. The van der Waals surface area contributed by atoms with Crippen molar-refractivity contribution in [1.82, 2.24) is 0 Å². The molecule has 0 aliphatic carbocycles. The Labute approximate surface area is 120 Å². The number of sulfonamides is 1. The molecule has 0 atom stereocenters. The number of benzene rings is 2. The minimum Gasteiger partial charge on any atom is -0.392 e. The second-order valence-corrected chi connectivity index (χ2v) is 6.10. The van der Waals surface area contributed by atoms with Gasteiger partial charge >= 0.3 is 0 Å². The number of anilines is 1. The van der Waals surface area contributed by atoms with Crippen molar-refractivity contribution in [1.29, 1.82) is 0 Å². The summed E-state index contributed by atoms with van der Waals surface area (Å²) in [6.45, 7) is -0.184. The van der Waals surface area contributed by atoms with Crippen LogP contribution >= 0.6 is 11.6 Å². The van der Waals surface area contributed by atoms with Gasteiger partial charge in [-0.3, -0.25) is 4.72 Å². The zero-order valence-electron chi connectivity index (χ0n) is 10.2. The van der Waals surface area contributed by atoms with Gasteiger partial charge in [-0.2, -0.15) is 0 Å². The van der Waals surface area contributed by atoms with E-state index in [-0.39, 0.29) is 22.2 Å². The predicted molar refractivity (Wildman–Crippen MR) is 74.6 cm³/mol. The molecule has 0 saturated heterocycles. The second kappa shape index (κ2) is 5.78. The van der Waals surface area contributed by atoms with Crippen molar-refractivity contribution in [3.05, 3.63) is 58.9 Å². The summed E-state index contributed by atoms with van der Waals surface area (Å²) in [5.41, 5.74) is 0.363. The van der Waals surface area contributed by atoms with Crippen molar-refractivity contribution in [3.63, 3.8) is 0 Å². The zero-order valence-corrected chi connectivity index (χ0v) is 11.7. The minimum atomic E-state index is -3.91. The summed E-state index contributed by atoms with van der Waals surface area (Å²) >= 11 is 5.59. The molecule has 0 radical (unpaired) electrons. The first-order chi connectivity index (χ1) is 9.44. The molecule has 0 unspecified atom stereocenters. The fourth-order valence-corrected chi connectivity index (χ4v) is 2.79. The Morgan fingerprint density at radius 3 is 2.40 bits per heavy atom. The van der Waals surface area contributed by atoms with Gasteiger partial charge in [0.15, 0.2) is 5.82 Å². The molecular formula is C13H11ClFNO3S. The largest absolute Gasteiger partial charge is 0.392 e. The van der Waals surface area contributed by atoms with Crippen LogP contribution in [0.2, 0.25) is 5.02 Å². The van der Waals surface area contributed by atoms with Gasteiger partial charge in [0, 0.05) is 0 Å². The fourth-order valence-electron chi connectivity index (χ4n) is 1.56. The minimum absolute atomic E-state index is 0.0333. The maximum atomic E-state index is 13.7. The first-order valence-electron chi connectivity index (χ1n) is 5.60. The van der Waals surface area contributed by atoms with E-state index in [1.807, 2.05) is 0 Å². The molecule has 4 nitrogen and oxygen atoms in total. The van der Waals surface area contributed by atoms with Crippen LogP contribution in [0.5, 0.6) is 0 Å². The Balaban J connectivity index is 2.33. The highest BCUT2D eigenvalue weighted by Gasteiger charge is 2.17. The number of hydrogen-bond acceptors (Lipinski definition) is 3. The van der Waals surface area contributed by atoms with Gasteiger partial charge < -0.3 is 5.11 Å². The highest BCUT2D eigenvalue weighted by molar-refractivity contribution is 7.92. The van der Waals surface area contributed by atoms with E-state index in [1.54, 1.807) is 0 Å². The van der Waals surface area contributed by atoms with E-state index >= 15 is 0 Å².